The third-order valence-corrected chi connectivity index (χ3v) is 5.91. The average molecular weight is 487 g/mol. The summed E-state index contributed by atoms with van der Waals surface area (Å²) < 4.78 is 11.8. The molecule has 190 valence electrons. The lowest BCUT2D eigenvalue weighted by Gasteiger charge is -2.09. The molecule has 1 amide bonds. The molecule has 5 heteroatoms. The summed E-state index contributed by atoms with van der Waals surface area (Å²) in [4.78, 5) is 12.5. The Balaban J connectivity index is 1.38. The summed E-state index contributed by atoms with van der Waals surface area (Å²) >= 11 is 0. The topological polar surface area (TPSA) is 59.9 Å². The monoisotopic (exact) mass is 486 g/mol. The Morgan fingerprint density at radius 3 is 2.19 bits per heavy atom. The van der Waals surface area contributed by atoms with E-state index in [0.717, 1.165) is 23.3 Å². The summed E-state index contributed by atoms with van der Waals surface area (Å²) in [5, 5.41) is 4.12. The number of hydrogen-bond acceptors (Lipinski definition) is 4. The molecule has 0 aliphatic carbocycles. The third-order valence-electron chi connectivity index (χ3n) is 5.91. The standard InChI is InChI=1S/C31H38N2O3/c1-2-3-4-5-6-7-8-14-23-35-29-21-19-27(20-22-29)31(34)33-32-24-28-17-12-13-18-30(28)36-25-26-15-10-9-11-16-26/h9-13,15-22,24H,2-8,14,23,25H2,1H3,(H,33,34)/b32-24+. The first-order valence-corrected chi connectivity index (χ1v) is 13.1. The number of carbonyl (C=O) groups is 1. The number of amides is 1. The van der Waals surface area contributed by atoms with Crippen LogP contribution in [0.4, 0.5) is 0 Å². The zero-order valence-corrected chi connectivity index (χ0v) is 21.3. The molecule has 0 radical (unpaired) electrons. The van der Waals surface area contributed by atoms with Crippen molar-refractivity contribution in [2.24, 2.45) is 5.10 Å². The Hall–Kier alpha value is -3.60. The number of unbranched alkanes of at least 4 members (excludes halogenated alkanes) is 7. The van der Waals surface area contributed by atoms with Crippen LogP contribution in [0.1, 0.15) is 79.8 Å². The second kappa shape index (κ2) is 16.1. The minimum Gasteiger partial charge on any atom is -0.494 e. The first-order chi connectivity index (χ1) is 17.8. The van der Waals surface area contributed by atoms with Crippen LogP contribution in [0.15, 0.2) is 84.0 Å². The Bertz CT molecular complexity index is 1050. The largest absolute Gasteiger partial charge is 0.494 e. The van der Waals surface area contributed by atoms with Gasteiger partial charge in [-0.15, -0.1) is 0 Å². The van der Waals surface area contributed by atoms with Crippen LogP contribution in [0.5, 0.6) is 11.5 Å². The summed E-state index contributed by atoms with van der Waals surface area (Å²) in [7, 11) is 0. The highest BCUT2D eigenvalue weighted by Crippen LogP contribution is 2.18. The molecule has 3 aromatic rings. The van der Waals surface area contributed by atoms with Crippen molar-refractivity contribution in [1.29, 1.82) is 0 Å². The van der Waals surface area contributed by atoms with Crippen molar-refractivity contribution in [3.8, 4) is 11.5 Å². The number of ether oxygens (including phenoxy) is 2. The maximum Gasteiger partial charge on any atom is 0.271 e. The van der Waals surface area contributed by atoms with Crippen molar-refractivity contribution in [2.75, 3.05) is 6.61 Å². The minimum atomic E-state index is -0.274. The molecule has 1 N–H and O–H groups in total. The molecule has 0 saturated heterocycles. The molecule has 0 atom stereocenters. The van der Waals surface area contributed by atoms with E-state index in [9.17, 15) is 4.79 Å². The van der Waals surface area contributed by atoms with Gasteiger partial charge in [0.2, 0.25) is 0 Å². The van der Waals surface area contributed by atoms with Crippen molar-refractivity contribution in [3.63, 3.8) is 0 Å². The Kier molecular flexibility index (Phi) is 12.1. The summed E-state index contributed by atoms with van der Waals surface area (Å²) in [5.74, 6) is 1.21. The summed E-state index contributed by atoms with van der Waals surface area (Å²) in [6.45, 7) is 3.41. The van der Waals surface area contributed by atoms with Crippen LogP contribution in [-0.4, -0.2) is 18.7 Å². The lowest BCUT2D eigenvalue weighted by atomic mass is 10.1. The quantitative estimate of drug-likeness (QED) is 0.129. The molecule has 0 aromatic heterocycles. The van der Waals surface area contributed by atoms with Gasteiger partial charge in [-0.25, -0.2) is 5.43 Å². The summed E-state index contributed by atoms with van der Waals surface area (Å²) in [5.41, 5.74) is 4.99. The Labute approximate surface area is 215 Å². The van der Waals surface area contributed by atoms with Gasteiger partial charge in [0.15, 0.2) is 0 Å². The third kappa shape index (κ3) is 9.95. The SMILES string of the molecule is CCCCCCCCCCOc1ccc(C(=O)N/N=C/c2ccccc2OCc2ccccc2)cc1. The van der Waals surface area contributed by atoms with E-state index in [2.05, 4.69) is 17.5 Å². The Morgan fingerprint density at radius 1 is 0.778 bits per heavy atom. The fraction of sp³-hybridized carbons (Fsp3) is 0.355. The fourth-order valence-corrected chi connectivity index (χ4v) is 3.81. The highest BCUT2D eigenvalue weighted by Gasteiger charge is 2.06. The van der Waals surface area contributed by atoms with Crippen LogP contribution in [0.25, 0.3) is 0 Å². The van der Waals surface area contributed by atoms with Gasteiger partial charge in [0.1, 0.15) is 18.1 Å². The van der Waals surface area contributed by atoms with Gasteiger partial charge in [-0.05, 0) is 48.4 Å². The molecule has 0 aliphatic heterocycles. The van der Waals surface area contributed by atoms with Gasteiger partial charge >= 0.3 is 0 Å². The fourth-order valence-electron chi connectivity index (χ4n) is 3.81. The molecule has 36 heavy (non-hydrogen) atoms. The molecule has 0 fully saturated rings. The van der Waals surface area contributed by atoms with Crippen LogP contribution in [0.2, 0.25) is 0 Å². The molecule has 0 saturated carbocycles. The number of carbonyl (C=O) groups excluding carboxylic acids is 1. The number of hydrazone groups is 1. The molecule has 0 heterocycles. The van der Waals surface area contributed by atoms with Crippen molar-refractivity contribution >= 4 is 12.1 Å². The first-order valence-electron chi connectivity index (χ1n) is 13.1. The van der Waals surface area contributed by atoms with Crippen LogP contribution >= 0.6 is 0 Å². The van der Waals surface area contributed by atoms with Crippen molar-refractivity contribution in [2.45, 2.75) is 64.9 Å². The van der Waals surface area contributed by atoms with Crippen molar-refractivity contribution < 1.29 is 14.3 Å². The normalized spacial score (nSPS) is 10.9. The molecule has 0 spiro atoms. The van der Waals surface area contributed by atoms with E-state index >= 15 is 0 Å². The second-order valence-corrected chi connectivity index (χ2v) is 8.86. The molecule has 0 aliphatic rings. The lowest BCUT2D eigenvalue weighted by molar-refractivity contribution is 0.0955. The van der Waals surface area contributed by atoms with Crippen LogP contribution in [0.3, 0.4) is 0 Å². The Morgan fingerprint density at radius 2 is 1.44 bits per heavy atom. The van der Waals surface area contributed by atoms with E-state index in [-0.39, 0.29) is 5.91 Å². The van der Waals surface area contributed by atoms with E-state index in [4.69, 9.17) is 9.47 Å². The van der Waals surface area contributed by atoms with Gasteiger partial charge in [-0.3, -0.25) is 4.79 Å². The zero-order chi connectivity index (χ0) is 25.3. The molecule has 3 rings (SSSR count). The van der Waals surface area contributed by atoms with E-state index in [0.29, 0.717) is 24.5 Å². The first kappa shape index (κ1) is 27.0. The van der Waals surface area contributed by atoms with Crippen LogP contribution in [-0.2, 0) is 6.61 Å². The highest BCUT2D eigenvalue weighted by atomic mass is 16.5. The number of benzene rings is 3. The number of para-hydroxylation sites is 1. The smallest absolute Gasteiger partial charge is 0.271 e. The minimum absolute atomic E-state index is 0.274. The number of nitrogens with zero attached hydrogens (tertiary/aromatic N) is 1. The molecule has 5 nitrogen and oxygen atoms in total. The molecule has 3 aromatic carbocycles. The van der Waals surface area contributed by atoms with Gasteiger partial charge < -0.3 is 9.47 Å². The molecule has 0 unspecified atom stereocenters. The van der Waals surface area contributed by atoms with Gasteiger partial charge in [-0.2, -0.15) is 5.10 Å². The lowest BCUT2D eigenvalue weighted by Crippen LogP contribution is -2.17. The van der Waals surface area contributed by atoms with E-state index in [1.54, 1.807) is 18.3 Å². The summed E-state index contributed by atoms with van der Waals surface area (Å²) in [6.07, 6.45) is 11.8. The number of nitrogens with one attached hydrogen (secondary N) is 1. The van der Waals surface area contributed by atoms with Crippen LogP contribution in [0, 0.1) is 0 Å². The maximum atomic E-state index is 12.5. The van der Waals surface area contributed by atoms with E-state index in [1.165, 1.54) is 44.9 Å². The maximum absolute atomic E-state index is 12.5. The van der Waals surface area contributed by atoms with E-state index in [1.807, 2.05) is 66.7 Å². The van der Waals surface area contributed by atoms with Gasteiger partial charge in [0.25, 0.3) is 5.91 Å². The number of rotatable bonds is 16. The van der Waals surface area contributed by atoms with Gasteiger partial charge in [0.05, 0.1) is 12.8 Å². The summed E-state index contributed by atoms with van der Waals surface area (Å²) in [6, 6.07) is 24.8. The average Bonchev–Trinajstić information content (AvgIpc) is 2.92. The predicted octanol–water partition coefficient (Wildman–Crippen LogP) is 7.55. The predicted molar refractivity (Wildman–Crippen MR) is 147 cm³/mol. The molecular weight excluding hydrogens is 448 g/mol. The molecule has 0 bridgehead atoms. The second-order valence-electron chi connectivity index (χ2n) is 8.86. The highest BCUT2D eigenvalue weighted by molar-refractivity contribution is 5.95. The van der Waals surface area contributed by atoms with Crippen LogP contribution < -0.4 is 14.9 Å². The van der Waals surface area contributed by atoms with Gasteiger partial charge in [-0.1, -0.05) is 94.3 Å². The number of hydrogen-bond donors (Lipinski definition) is 1. The van der Waals surface area contributed by atoms with Crippen molar-refractivity contribution in [1.82, 2.24) is 5.43 Å². The van der Waals surface area contributed by atoms with Gasteiger partial charge in [0, 0.05) is 11.1 Å². The van der Waals surface area contributed by atoms with Crippen molar-refractivity contribution in [3.05, 3.63) is 95.6 Å². The molecular formula is C31H38N2O3. The zero-order valence-electron chi connectivity index (χ0n) is 21.3. The van der Waals surface area contributed by atoms with E-state index < -0.39 is 0 Å².